The zero-order chi connectivity index (χ0) is 27.5. The summed E-state index contributed by atoms with van der Waals surface area (Å²) in [5, 5.41) is 7.29. The Labute approximate surface area is 213 Å². The fourth-order valence-corrected chi connectivity index (χ4v) is 5.55. The summed E-state index contributed by atoms with van der Waals surface area (Å²) in [5.41, 5.74) is -0.00886. The van der Waals surface area contributed by atoms with Crippen LogP contribution in [-0.4, -0.2) is 48.6 Å². The zero-order valence-corrected chi connectivity index (χ0v) is 20.6. The SMILES string of the molecule is O=C1N[C@@]2(CCc3cc(OCC(F)(F)F)ccc32)Cc2nn(CCC3CC3)c(C(=O)NS(=O)(=O)C(F)F)c21. The van der Waals surface area contributed by atoms with E-state index in [0.717, 1.165) is 12.8 Å². The van der Waals surface area contributed by atoms with Crippen molar-refractivity contribution < 1.29 is 44.7 Å². The van der Waals surface area contributed by atoms with Gasteiger partial charge >= 0.3 is 11.9 Å². The van der Waals surface area contributed by atoms with Crippen LogP contribution in [0.25, 0.3) is 0 Å². The maximum absolute atomic E-state index is 13.3. The number of fused-ring (bicyclic) bond motifs is 3. The summed E-state index contributed by atoms with van der Waals surface area (Å²) in [6.07, 6.45) is -0.983. The lowest BCUT2D eigenvalue weighted by molar-refractivity contribution is -0.153. The van der Waals surface area contributed by atoms with Crippen molar-refractivity contribution in [2.75, 3.05) is 6.61 Å². The largest absolute Gasteiger partial charge is 0.484 e. The second-order valence-electron chi connectivity index (χ2n) is 9.80. The molecule has 1 aromatic carbocycles. The molecule has 0 bridgehead atoms. The molecule has 2 aliphatic carbocycles. The van der Waals surface area contributed by atoms with E-state index in [1.54, 1.807) is 6.07 Å². The van der Waals surface area contributed by atoms with Crippen LogP contribution in [0.1, 0.15) is 63.4 Å². The van der Waals surface area contributed by atoms with Gasteiger partial charge < -0.3 is 10.1 Å². The van der Waals surface area contributed by atoms with Gasteiger partial charge in [0.25, 0.3) is 21.8 Å². The Morgan fingerprint density at radius 3 is 2.68 bits per heavy atom. The van der Waals surface area contributed by atoms with E-state index in [1.165, 1.54) is 21.5 Å². The van der Waals surface area contributed by atoms with Crippen LogP contribution in [0.4, 0.5) is 22.0 Å². The van der Waals surface area contributed by atoms with E-state index >= 15 is 0 Å². The highest BCUT2D eigenvalue weighted by Gasteiger charge is 2.47. The highest BCUT2D eigenvalue weighted by Crippen LogP contribution is 2.44. The third-order valence-corrected chi connectivity index (χ3v) is 7.96. The number of carbonyl (C=O) groups is 2. The number of halogens is 5. The van der Waals surface area contributed by atoms with Gasteiger partial charge in [0.15, 0.2) is 6.61 Å². The molecule has 15 heteroatoms. The Morgan fingerprint density at radius 2 is 2.03 bits per heavy atom. The average molecular weight is 563 g/mol. The number of carbonyl (C=O) groups excluding carboxylic acids is 2. The molecule has 1 aromatic heterocycles. The standard InChI is InChI=1S/C23H23F5N4O5S/c24-21(25)38(35,36)31-20(34)18-17-16(30-32(18)8-6-12-1-2-12)10-22(29-19(17)33)7-5-13-9-14(3-4-15(13)22)37-11-23(26,27)28/h3-4,9,12,21H,1-2,5-8,10-11H2,(H,29,33)(H,31,34)/t22-/m0/s1. The van der Waals surface area contributed by atoms with Gasteiger partial charge in [0.1, 0.15) is 11.4 Å². The van der Waals surface area contributed by atoms with Crippen LogP contribution in [0.2, 0.25) is 0 Å². The lowest BCUT2D eigenvalue weighted by atomic mass is 9.82. The van der Waals surface area contributed by atoms with Gasteiger partial charge in [-0.15, -0.1) is 0 Å². The van der Waals surface area contributed by atoms with Gasteiger partial charge in [-0.05, 0) is 48.4 Å². The number of aryl methyl sites for hydroxylation is 2. The van der Waals surface area contributed by atoms with Crippen molar-refractivity contribution in [2.45, 2.75) is 62.5 Å². The van der Waals surface area contributed by atoms with Crippen LogP contribution < -0.4 is 14.8 Å². The summed E-state index contributed by atoms with van der Waals surface area (Å²) < 4.78 is 94.1. The molecular formula is C23H23F5N4O5S. The predicted molar refractivity (Wildman–Crippen MR) is 121 cm³/mol. The number of aromatic nitrogens is 2. The number of hydrogen-bond acceptors (Lipinski definition) is 6. The second-order valence-corrected chi connectivity index (χ2v) is 11.4. The van der Waals surface area contributed by atoms with Crippen molar-refractivity contribution in [2.24, 2.45) is 5.92 Å². The third-order valence-electron chi connectivity index (χ3n) is 7.02. The number of hydrogen-bond donors (Lipinski definition) is 2. The van der Waals surface area contributed by atoms with Gasteiger partial charge in [-0.1, -0.05) is 18.9 Å². The Bertz CT molecular complexity index is 1400. The predicted octanol–water partition coefficient (Wildman–Crippen LogP) is 3.03. The van der Waals surface area contributed by atoms with Gasteiger partial charge in [-0.3, -0.25) is 14.3 Å². The summed E-state index contributed by atoms with van der Waals surface area (Å²) in [7, 11) is -5.27. The fourth-order valence-electron chi connectivity index (χ4n) is 5.10. The van der Waals surface area contributed by atoms with E-state index in [2.05, 4.69) is 10.4 Å². The summed E-state index contributed by atoms with van der Waals surface area (Å²) in [6.45, 7) is -1.26. The number of amides is 2. The number of nitrogens with zero attached hydrogens (tertiary/aromatic N) is 2. The molecule has 1 aliphatic heterocycles. The molecule has 206 valence electrons. The van der Waals surface area contributed by atoms with E-state index in [4.69, 9.17) is 4.74 Å². The third kappa shape index (κ3) is 5.07. The fraction of sp³-hybridized carbons (Fsp3) is 0.522. The van der Waals surface area contributed by atoms with Gasteiger partial charge in [0.2, 0.25) is 0 Å². The lowest BCUT2D eigenvalue weighted by Crippen LogP contribution is -2.50. The highest BCUT2D eigenvalue weighted by atomic mass is 32.2. The topological polar surface area (TPSA) is 119 Å². The van der Waals surface area contributed by atoms with Crippen molar-refractivity contribution >= 4 is 21.8 Å². The van der Waals surface area contributed by atoms with Gasteiger partial charge in [0.05, 0.1) is 16.8 Å². The molecule has 2 heterocycles. The van der Waals surface area contributed by atoms with E-state index < -0.39 is 51.6 Å². The molecule has 2 amide bonds. The molecule has 1 fully saturated rings. The van der Waals surface area contributed by atoms with Crippen molar-refractivity contribution in [3.05, 3.63) is 46.3 Å². The van der Waals surface area contributed by atoms with Crippen LogP contribution in [0.3, 0.4) is 0 Å². The molecule has 5 rings (SSSR count). The maximum atomic E-state index is 13.3. The number of alkyl halides is 5. The molecule has 0 saturated heterocycles. The second kappa shape index (κ2) is 9.20. The minimum Gasteiger partial charge on any atom is -0.484 e. The molecule has 1 saturated carbocycles. The molecule has 2 N–H and O–H groups in total. The maximum Gasteiger partial charge on any atom is 0.422 e. The van der Waals surface area contributed by atoms with E-state index in [-0.39, 0.29) is 30.0 Å². The first-order chi connectivity index (χ1) is 17.8. The molecular weight excluding hydrogens is 539 g/mol. The molecule has 3 aliphatic rings. The summed E-state index contributed by atoms with van der Waals surface area (Å²) in [5.74, 6) is -5.52. The number of nitrogens with one attached hydrogen (secondary N) is 2. The lowest BCUT2D eigenvalue weighted by Gasteiger charge is -2.35. The zero-order valence-electron chi connectivity index (χ0n) is 19.8. The molecule has 2 aromatic rings. The quantitative estimate of drug-likeness (QED) is 0.478. The van der Waals surface area contributed by atoms with Crippen LogP contribution in [-0.2, 0) is 34.9 Å². The van der Waals surface area contributed by atoms with Crippen molar-refractivity contribution in [3.63, 3.8) is 0 Å². The van der Waals surface area contributed by atoms with Crippen LogP contribution >= 0.6 is 0 Å². The highest BCUT2D eigenvalue weighted by molar-refractivity contribution is 7.90. The number of benzene rings is 1. The summed E-state index contributed by atoms with van der Waals surface area (Å²) in [4.78, 5) is 26.2. The molecule has 9 nitrogen and oxygen atoms in total. The minimum absolute atomic E-state index is 0.0319. The molecule has 0 radical (unpaired) electrons. The number of rotatable bonds is 8. The van der Waals surface area contributed by atoms with Crippen molar-refractivity contribution in [1.29, 1.82) is 0 Å². The van der Waals surface area contributed by atoms with Gasteiger partial charge in [0, 0.05) is 13.0 Å². The Morgan fingerprint density at radius 1 is 1.29 bits per heavy atom. The van der Waals surface area contributed by atoms with Crippen LogP contribution in [0.15, 0.2) is 18.2 Å². The Balaban J connectivity index is 1.47. The molecule has 1 spiro atoms. The van der Waals surface area contributed by atoms with Gasteiger partial charge in [-0.2, -0.15) is 27.1 Å². The average Bonchev–Trinajstić information content (AvgIpc) is 3.49. The monoisotopic (exact) mass is 562 g/mol. The normalized spacial score (nSPS) is 20.8. The molecule has 38 heavy (non-hydrogen) atoms. The van der Waals surface area contributed by atoms with Gasteiger partial charge in [-0.25, -0.2) is 13.1 Å². The Hall–Kier alpha value is -3.23. The van der Waals surface area contributed by atoms with Crippen molar-refractivity contribution in [1.82, 2.24) is 19.8 Å². The van der Waals surface area contributed by atoms with Crippen molar-refractivity contribution in [3.8, 4) is 5.75 Å². The van der Waals surface area contributed by atoms with Crippen LogP contribution in [0, 0.1) is 5.92 Å². The number of sulfonamides is 1. The summed E-state index contributed by atoms with van der Waals surface area (Å²) in [6, 6.07) is 4.44. The number of ether oxygens (including phenoxy) is 1. The first kappa shape index (κ1) is 26.4. The minimum atomic E-state index is -5.27. The smallest absolute Gasteiger partial charge is 0.422 e. The first-order valence-corrected chi connectivity index (χ1v) is 13.4. The van der Waals surface area contributed by atoms with E-state index in [9.17, 15) is 40.0 Å². The van der Waals surface area contributed by atoms with E-state index in [0.29, 0.717) is 36.3 Å². The Kier molecular flexibility index (Phi) is 6.39. The first-order valence-electron chi connectivity index (χ1n) is 11.9. The summed E-state index contributed by atoms with van der Waals surface area (Å²) >= 11 is 0. The molecule has 0 unspecified atom stereocenters. The van der Waals surface area contributed by atoms with E-state index in [1.807, 2.05) is 0 Å². The van der Waals surface area contributed by atoms with Crippen LogP contribution in [0.5, 0.6) is 5.75 Å². The molecule has 1 atom stereocenters.